The molecule has 3 rings (SSSR count). The molecule has 0 radical (unpaired) electrons. The number of nitrogens with zero attached hydrogens (tertiary/aromatic N) is 1. The maximum Gasteiger partial charge on any atom is 0.0736 e. The second-order valence-electron chi connectivity index (χ2n) is 6.23. The van der Waals surface area contributed by atoms with Gasteiger partial charge in [-0.25, -0.2) is 0 Å². The second-order valence-corrected chi connectivity index (χ2v) is 6.23. The normalized spacial score (nSPS) is 23.1. The lowest BCUT2D eigenvalue weighted by Gasteiger charge is -2.26. The summed E-state index contributed by atoms with van der Waals surface area (Å²) in [6.07, 6.45) is 8.72. The number of fused-ring (bicyclic) bond motifs is 1. The van der Waals surface area contributed by atoms with Gasteiger partial charge >= 0.3 is 0 Å². The SMILES string of the molecule is CCNCC1CCCCCC1c1cccc2cccnc12. The van der Waals surface area contributed by atoms with Gasteiger partial charge in [0.15, 0.2) is 0 Å². The molecule has 0 aliphatic heterocycles. The number of pyridine rings is 1. The van der Waals surface area contributed by atoms with E-state index in [0.717, 1.165) is 19.0 Å². The standard InChI is InChI=1S/C19H26N2/c1-2-20-14-16-8-4-3-5-11-17(16)18-12-6-9-15-10-7-13-21-19(15)18/h6-7,9-10,12-13,16-17,20H,2-5,8,11,14H2,1H3. The first-order valence-corrected chi connectivity index (χ1v) is 8.44. The molecule has 1 aromatic carbocycles. The van der Waals surface area contributed by atoms with Crippen LogP contribution in [0.15, 0.2) is 36.5 Å². The summed E-state index contributed by atoms with van der Waals surface area (Å²) < 4.78 is 0. The van der Waals surface area contributed by atoms with Crippen molar-refractivity contribution in [2.45, 2.75) is 44.9 Å². The Bertz CT molecular complexity index is 573. The van der Waals surface area contributed by atoms with Gasteiger partial charge in [-0.3, -0.25) is 4.98 Å². The van der Waals surface area contributed by atoms with E-state index in [4.69, 9.17) is 0 Å². The number of benzene rings is 1. The molecule has 1 heterocycles. The van der Waals surface area contributed by atoms with Gasteiger partial charge in [0, 0.05) is 11.6 Å². The van der Waals surface area contributed by atoms with Gasteiger partial charge in [-0.15, -0.1) is 0 Å². The Morgan fingerprint density at radius 1 is 1.10 bits per heavy atom. The third-order valence-electron chi connectivity index (χ3n) is 4.88. The second kappa shape index (κ2) is 7.04. The van der Waals surface area contributed by atoms with Gasteiger partial charge in [0.2, 0.25) is 0 Å². The van der Waals surface area contributed by atoms with E-state index in [1.165, 1.54) is 48.6 Å². The van der Waals surface area contributed by atoms with E-state index >= 15 is 0 Å². The summed E-state index contributed by atoms with van der Waals surface area (Å²) >= 11 is 0. The number of aromatic nitrogens is 1. The summed E-state index contributed by atoms with van der Waals surface area (Å²) in [5.41, 5.74) is 2.69. The molecule has 1 aliphatic rings. The van der Waals surface area contributed by atoms with Crippen molar-refractivity contribution in [2.75, 3.05) is 13.1 Å². The van der Waals surface area contributed by atoms with Gasteiger partial charge in [0.25, 0.3) is 0 Å². The Morgan fingerprint density at radius 3 is 2.86 bits per heavy atom. The Kier molecular flexibility index (Phi) is 4.87. The van der Waals surface area contributed by atoms with Crippen molar-refractivity contribution >= 4 is 10.9 Å². The average molecular weight is 282 g/mol. The molecule has 2 nitrogen and oxygen atoms in total. The molecule has 0 amide bonds. The van der Waals surface area contributed by atoms with E-state index in [0.29, 0.717) is 5.92 Å². The summed E-state index contributed by atoms with van der Waals surface area (Å²) in [6, 6.07) is 10.9. The molecule has 1 N–H and O–H groups in total. The van der Waals surface area contributed by atoms with Crippen LogP contribution in [-0.2, 0) is 0 Å². The van der Waals surface area contributed by atoms with Gasteiger partial charge in [-0.05, 0) is 49.4 Å². The predicted octanol–water partition coefficient (Wildman–Crippen LogP) is 4.51. The molecule has 1 saturated carbocycles. The molecular formula is C19H26N2. The van der Waals surface area contributed by atoms with Crippen LogP contribution in [0.4, 0.5) is 0 Å². The maximum atomic E-state index is 4.68. The maximum absolute atomic E-state index is 4.68. The van der Waals surface area contributed by atoms with Crippen molar-refractivity contribution in [2.24, 2.45) is 5.92 Å². The molecule has 0 bridgehead atoms. The third-order valence-corrected chi connectivity index (χ3v) is 4.88. The first kappa shape index (κ1) is 14.5. The quantitative estimate of drug-likeness (QED) is 0.835. The molecule has 2 heteroatoms. The summed E-state index contributed by atoms with van der Waals surface area (Å²) in [7, 11) is 0. The fourth-order valence-electron chi connectivity index (χ4n) is 3.79. The highest BCUT2D eigenvalue weighted by molar-refractivity contribution is 5.82. The predicted molar refractivity (Wildman–Crippen MR) is 89.6 cm³/mol. The van der Waals surface area contributed by atoms with Crippen LogP contribution < -0.4 is 5.32 Å². The molecule has 1 aromatic heterocycles. The summed E-state index contributed by atoms with van der Waals surface area (Å²) in [5, 5.41) is 4.85. The number of nitrogens with one attached hydrogen (secondary N) is 1. The van der Waals surface area contributed by atoms with Crippen molar-refractivity contribution in [3.05, 3.63) is 42.1 Å². The van der Waals surface area contributed by atoms with Gasteiger partial charge in [0.05, 0.1) is 5.52 Å². The van der Waals surface area contributed by atoms with Crippen LogP contribution in [0, 0.1) is 5.92 Å². The van der Waals surface area contributed by atoms with Crippen LogP contribution in [0.2, 0.25) is 0 Å². The smallest absolute Gasteiger partial charge is 0.0736 e. The van der Waals surface area contributed by atoms with Crippen LogP contribution in [0.5, 0.6) is 0 Å². The Labute approximate surface area is 128 Å². The molecule has 2 atom stereocenters. The van der Waals surface area contributed by atoms with Crippen LogP contribution in [-0.4, -0.2) is 18.1 Å². The molecular weight excluding hydrogens is 256 g/mol. The first-order valence-electron chi connectivity index (χ1n) is 8.44. The highest BCUT2D eigenvalue weighted by Gasteiger charge is 2.26. The minimum absolute atomic E-state index is 0.658. The highest BCUT2D eigenvalue weighted by Crippen LogP contribution is 2.38. The van der Waals surface area contributed by atoms with Gasteiger partial charge in [-0.2, -0.15) is 0 Å². The number of hydrogen-bond donors (Lipinski definition) is 1. The average Bonchev–Trinajstić information content (AvgIpc) is 2.77. The Morgan fingerprint density at radius 2 is 1.95 bits per heavy atom. The summed E-state index contributed by atoms with van der Waals surface area (Å²) in [6.45, 7) is 4.41. The fourth-order valence-corrected chi connectivity index (χ4v) is 3.79. The zero-order valence-corrected chi connectivity index (χ0v) is 13.0. The first-order chi connectivity index (χ1) is 10.4. The monoisotopic (exact) mass is 282 g/mol. The van der Waals surface area contributed by atoms with E-state index in [1.54, 1.807) is 0 Å². The van der Waals surface area contributed by atoms with Crippen molar-refractivity contribution in [1.82, 2.24) is 10.3 Å². The van der Waals surface area contributed by atoms with E-state index in [1.807, 2.05) is 12.3 Å². The molecule has 1 fully saturated rings. The van der Waals surface area contributed by atoms with E-state index in [-0.39, 0.29) is 0 Å². The van der Waals surface area contributed by atoms with Crippen molar-refractivity contribution in [3.8, 4) is 0 Å². The number of rotatable bonds is 4. The molecule has 2 unspecified atom stereocenters. The van der Waals surface area contributed by atoms with E-state index in [2.05, 4.69) is 41.5 Å². The van der Waals surface area contributed by atoms with Gasteiger partial charge < -0.3 is 5.32 Å². The van der Waals surface area contributed by atoms with Gasteiger partial charge in [-0.1, -0.05) is 50.5 Å². The molecule has 112 valence electrons. The molecule has 1 aliphatic carbocycles. The molecule has 0 saturated heterocycles. The molecule has 2 aromatic rings. The zero-order valence-electron chi connectivity index (χ0n) is 13.0. The Hall–Kier alpha value is -1.41. The summed E-state index contributed by atoms with van der Waals surface area (Å²) in [4.78, 5) is 4.68. The van der Waals surface area contributed by atoms with Crippen molar-refractivity contribution in [1.29, 1.82) is 0 Å². The minimum atomic E-state index is 0.658. The lowest BCUT2D eigenvalue weighted by Crippen LogP contribution is -2.26. The largest absolute Gasteiger partial charge is 0.317 e. The molecule has 0 spiro atoms. The lowest BCUT2D eigenvalue weighted by atomic mass is 9.81. The Balaban J connectivity index is 1.96. The van der Waals surface area contributed by atoms with Crippen LogP contribution in [0.1, 0.15) is 50.5 Å². The highest BCUT2D eigenvalue weighted by atomic mass is 14.8. The van der Waals surface area contributed by atoms with Crippen molar-refractivity contribution < 1.29 is 0 Å². The third kappa shape index (κ3) is 3.26. The number of para-hydroxylation sites is 1. The van der Waals surface area contributed by atoms with Crippen LogP contribution in [0.3, 0.4) is 0 Å². The molecule has 21 heavy (non-hydrogen) atoms. The topological polar surface area (TPSA) is 24.9 Å². The summed E-state index contributed by atoms with van der Waals surface area (Å²) in [5.74, 6) is 1.41. The number of hydrogen-bond acceptors (Lipinski definition) is 2. The minimum Gasteiger partial charge on any atom is -0.317 e. The van der Waals surface area contributed by atoms with Crippen LogP contribution >= 0.6 is 0 Å². The lowest BCUT2D eigenvalue weighted by molar-refractivity contribution is 0.380. The zero-order chi connectivity index (χ0) is 14.5. The van der Waals surface area contributed by atoms with E-state index in [9.17, 15) is 0 Å². The van der Waals surface area contributed by atoms with E-state index < -0.39 is 0 Å². The van der Waals surface area contributed by atoms with Gasteiger partial charge in [0.1, 0.15) is 0 Å². The van der Waals surface area contributed by atoms with Crippen molar-refractivity contribution in [3.63, 3.8) is 0 Å². The fraction of sp³-hybridized carbons (Fsp3) is 0.526. The van der Waals surface area contributed by atoms with Crippen LogP contribution in [0.25, 0.3) is 10.9 Å².